The Kier molecular flexibility index (Phi) is 6.34. The average Bonchev–Trinajstić information content (AvgIpc) is 2.44. The van der Waals surface area contributed by atoms with Gasteiger partial charge in [-0.3, -0.25) is 4.79 Å². The van der Waals surface area contributed by atoms with Crippen molar-refractivity contribution in [2.75, 3.05) is 20.2 Å². The molecule has 0 aliphatic heterocycles. The maximum Gasteiger partial charge on any atom is 0.307 e. The number of nitrogens with zero attached hydrogens (tertiary/aromatic N) is 2. The first-order valence-corrected chi connectivity index (χ1v) is 8.08. The van der Waals surface area contributed by atoms with Gasteiger partial charge in [-0.2, -0.15) is 5.26 Å². The molecule has 0 saturated heterocycles. The molecule has 1 aromatic carbocycles. The number of nitriles is 1. The van der Waals surface area contributed by atoms with Gasteiger partial charge in [-0.1, -0.05) is 12.1 Å². The van der Waals surface area contributed by atoms with E-state index in [9.17, 15) is 13.2 Å². The van der Waals surface area contributed by atoms with E-state index in [0.717, 1.165) is 4.31 Å². The molecule has 21 heavy (non-hydrogen) atoms. The largest absolute Gasteiger partial charge is 0.466 e. The molecule has 0 heterocycles. The van der Waals surface area contributed by atoms with Gasteiger partial charge in [-0.15, -0.1) is 0 Å². The number of hydrogen-bond acceptors (Lipinski definition) is 5. The Bertz CT molecular complexity index is 635. The van der Waals surface area contributed by atoms with Crippen molar-refractivity contribution in [1.82, 2.24) is 4.31 Å². The smallest absolute Gasteiger partial charge is 0.307 e. The van der Waals surface area contributed by atoms with Gasteiger partial charge >= 0.3 is 5.97 Å². The third-order valence-corrected chi connectivity index (χ3v) is 4.65. The van der Waals surface area contributed by atoms with Crippen LogP contribution in [0.2, 0.25) is 0 Å². The number of carbonyl (C=O) groups is 1. The van der Waals surface area contributed by atoms with Crippen molar-refractivity contribution in [3.63, 3.8) is 0 Å². The van der Waals surface area contributed by atoms with Crippen LogP contribution in [-0.2, 0) is 25.3 Å². The molecule has 1 aromatic rings. The Morgan fingerprint density at radius 1 is 1.43 bits per heavy atom. The Labute approximate surface area is 125 Å². The summed E-state index contributed by atoms with van der Waals surface area (Å²) in [5, 5.41) is 8.80. The lowest BCUT2D eigenvalue weighted by molar-refractivity contribution is -0.143. The standard InChI is InChI=1S/C14H18N2O4S/c1-3-20-14(17)7-8-16(2)21(18,19)11-13-6-4-5-12(9-13)10-15/h4-6,9H,3,7-8,11H2,1-2H3. The van der Waals surface area contributed by atoms with Gasteiger partial charge in [0.2, 0.25) is 10.0 Å². The lowest BCUT2D eigenvalue weighted by atomic mass is 10.2. The average molecular weight is 310 g/mol. The summed E-state index contributed by atoms with van der Waals surface area (Å²) in [6, 6.07) is 8.41. The zero-order chi connectivity index (χ0) is 15.9. The molecular formula is C14H18N2O4S. The van der Waals surface area contributed by atoms with Gasteiger partial charge in [0.15, 0.2) is 0 Å². The fourth-order valence-electron chi connectivity index (χ4n) is 1.67. The van der Waals surface area contributed by atoms with Gasteiger partial charge in [-0.05, 0) is 24.6 Å². The summed E-state index contributed by atoms with van der Waals surface area (Å²) in [5.41, 5.74) is 0.953. The van der Waals surface area contributed by atoms with Crippen LogP contribution < -0.4 is 0 Å². The van der Waals surface area contributed by atoms with Crippen molar-refractivity contribution in [3.8, 4) is 6.07 Å². The number of rotatable bonds is 7. The van der Waals surface area contributed by atoms with E-state index >= 15 is 0 Å². The molecule has 7 heteroatoms. The quantitative estimate of drug-likeness (QED) is 0.708. The van der Waals surface area contributed by atoms with Crippen molar-refractivity contribution in [2.24, 2.45) is 0 Å². The molecule has 0 unspecified atom stereocenters. The molecule has 0 spiro atoms. The first-order chi connectivity index (χ1) is 9.89. The predicted molar refractivity (Wildman–Crippen MR) is 77.7 cm³/mol. The predicted octanol–water partition coefficient (Wildman–Crippen LogP) is 1.27. The molecule has 0 aliphatic carbocycles. The monoisotopic (exact) mass is 310 g/mol. The van der Waals surface area contributed by atoms with E-state index in [4.69, 9.17) is 10.00 Å². The highest BCUT2D eigenvalue weighted by Crippen LogP contribution is 2.11. The van der Waals surface area contributed by atoms with Crippen molar-refractivity contribution in [3.05, 3.63) is 35.4 Å². The maximum absolute atomic E-state index is 12.2. The molecule has 0 radical (unpaired) electrons. The molecular weight excluding hydrogens is 292 g/mol. The van der Waals surface area contributed by atoms with Crippen molar-refractivity contribution < 1.29 is 17.9 Å². The van der Waals surface area contributed by atoms with Crippen molar-refractivity contribution in [2.45, 2.75) is 19.1 Å². The molecule has 0 aliphatic rings. The first-order valence-electron chi connectivity index (χ1n) is 6.47. The summed E-state index contributed by atoms with van der Waals surface area (Å²) in [7, 11) is -2.11. The van der Waals surface area contributed by atoms with Crippen LogP contribution in [0.4, 0.5) is 0 Å². The molecule has 0 saturated carbocycles. The van der Waals surface area contributed by atoms with Crippen LogP contribution in [-0.4, -0.2) is 38.9 Å². The second-order valence-electron chi connectivity index (χ2n) is 4.44. The van der Waals surface area contributed by atoms with Gasteiger partial charge in [0.25, 0.3) is 0 Å². The molecule has 114 valence electrons. The third kappa shape index (κ3) is 5.53. The molecule has 0 N–H and O–H groups in total. The number of sulfonamides is 1. The van der Waals surface area contributed by atoms with Gasteiger partial charge in [-0.25, -0.2) is 12.7 Å². The van der Waals surface area contributed by atoms with Gasteiger partial charge in [0.1, 0.15) is 0 Å². The van der Waals surface area contributed by atoms with Crippen LogP contribution in [0.3, 0.4) is 0 Å². The fourth-order valence-corrected chi connectivity index (χ4v) is 2.86. The van der Waals surface area contributed by atoms with Crippen molar-refractivity contribution >= 4 is 16.0 Å². The van der Waals surface area contributed by atoms with Gasteiger partial charge in [0, 0.05) is 13.6 Å². The zero-order valence-corrected chi connectivity index (χ0v) is 12.9. The minimum atomic E-state index is -3.53. The zero-order valence-electron chi connectivity index (χ0n) is 12.1. The Morgan fingerprint density at radius 2 is 2.14 bits per heavy atom. The van der Waals surface area contributed by atoms with E-state index in [-0.39, 0.29) is 25.3 Å². The summed E-state index contributed by atoms with van der Waals surface area (Å²) in [6.07, 6.45) is 0.0157. The minimum absolute atomic E-state index is 0.0157. The van der Waals surface area contributed by atoms with Crippen LogP contribution in [0.1, 0.15) is 24.5 Å². The number of hydrogen-bond donors (Lipinski definition) is 0. The Morgan fingerprint density at radius 3 is 2.76 bits per heavy atom. The number of carbonyl (C=O) groups excluding carboxylic acids is 1. The van der Waals surface area contributed by atoms with E-state index in [1.807, 2.05) is 6.07 Å². The van der Waals surface area contributed by atoms with Crippen LogP contribution in [0.15, 0.2) is 24.3 Å². The minimum Gasteiger partial charge on any atom is -0.466 e. The molecule has 0 aromatic heterocycles. The van der Waals surface area contributed by atoms with E-state index in [1.165, 1.54) is 13.1 Å². The summed E-state index contributed by atoms with van der Waals surface area (Å²) in [6.45, 7) is 2.04. The van der Waals surface area contributed by atoms with Crippen LogP contribution in [0.5, 0.6) is 0 Å². The fraction of sp³-hybridized carbons (Fsp3) is 0.429. The van der Waals surface area contributed by atoms with E-state index in [1.54, 1.807) is 25.1 Å². The van der Waals surface area contributed by atoms with Crippen LogP contribution in [0, 0.1) is 11.3 Å². The second-order valence-corrected chi connectivity index (χ2v) is 6.52. The van der Waals surface area contributed by atoms with E-state index in [2.05, 4.69) is 0 Å². The highest BCUT2D eigenvalue weighted by molar-refractivity contribution is 7.88. The summed E-state index contributed by atoms with van der Waals surface area (Å²) < 4.78 is 30.2. The Balaban J connectivity index is 2.67. The summed E-state index contributed by atoms with van der Waals surface area (Å²) >= 11 is 0. The van der Waals surface area contributed by atoms with E-state index < -0.39 is 16.0 Å². The molecule has 0 fully saturated rings. The molecule has 0 bridgehead atoms. The number of esters is 1. The highest BCUT2D eigenvalue weighted by atomic mass is 32.2. The maximum atomic E-state index is 12.2. The topological polar surface area (TPSA) is 87.5 Å². The normalized spacial score (nSPS) is 11.1. The van der Waals surface area contributed by atoms with Crippen LogP contribution >= 0.6 is 0 Å². The number of ether oxygens (including phenoxy) is 1. The van der Waals surface area contributed by atoms with E-state index in [0.29, 0.717) is 11.1 Å². The lowest BCUT2D eigenvalue weighted by Gasteiger charge is -2.16. The third-order valence-electron chi connectivity index (χ3n) is 2.82. The molecule has 6 nitrogen and oxygen atoms in total. The second kappa shape index (κ2) is 7.76. The molecule has 1 rings (SSSR count). The summed E-state index contributed by atoms with van der Waals surface area (Å²) in [4.78, 5) is 11.2. The Hall–Kier alpha value is -1.91. The lowest BCUT2D eigenvalue weighted by Crippen LogP contribution is -2.30. The van der Waals surface area contributed by atoms with Gasteiger partial charge < -0.3 is 4.74 Å². The molecule has 0 atom stereocenters. The summed E-state index contributed by atoms with van der Waals surface area (Å²) in [5.74, 6) is -0.631. The van der Waals surface area contributed by atoms with Gasteiger partial charge in [0.05, 0.1) is 30.4 Å². The highest BCUT2D eigenvalue weighted by Gasteiger charge is 2.19. The molecule has 0 amide bonds. The SMILES string of the molecule is CCOC(=O)CCN(C)S(=O)(=O)Cc1cccc(C#N)c1. The van der Waals surface area contributed by atoms with Crippen LogP contribution in [0.25, 0.3) is 0 Å². The number of benzene rings is 1. The first kappa shape index (κ1) is 17.1. The van der Waals surface area contributed by atoms with Crippen molar-refractivity contribution in [1.29, 1.82) is 5.26 Å².